The lowest BCUT2D eigenvalue weighted by Crippen LogP contribution is -2.33. The number of Topliss-reactive ketones (excluding diaryl/α,β-unsaturated/α-hetero) is 1. The number of alkyl halides is 4. The van der Waals surface area contributed by atoms with Gasteiger partial charge in [-0.3, -0.25) is 4.79 Å². The summed E-state index contributed by atoms with van der Waals surface area (Å²) >= 11 is 4.67. The van der Waals surface area contributed by atoms with E-state index in [1.54, 1.807) is 0 Å². The lowest BCUT2D eigenvalue weighted by Gasteiger charge is -2.19. The molecular weight excluding hydrogens is 273 g/mol. The van der Waals surface area contributed by atoms with Gasteiger partial charge in [0.1, 0.15) is 11.5 Å². The van der Waals surface area contributed by atoms with Crippen molar-refractivity contribution in [3.05, 3.63) is 23.8 Å². The fraction of sp³-hybridized carbons (Fsp3) is 0.364. The maximum Gasteiger partial charge on any atom is 0.444 e. The van der Waals surface area contributed by atoms with Crippen molar-refractivity contribution in [2.45, 2.75) is 18.7 Å². The molecule has 0 aromatic heterocycles. The molecule has 3 nitrogen and oxygen atoms in total. The third-order valence-electron chi connectivity index (χ3n) is 2.07. The van der Waals surface area contributed by atoms with Crippen LogP contribution < -0.4 is 9.47 Å². The van der Waals surface area contributed by atoms with Gasteiger partial charge in [-0.1, -0.05) is 11.6 Å². The first-order valence-corrected chi connectivity index (χ1v) is 5.25. The number of rotatable bonds is 5. The number of carbonyl (C=O) groups is 1. The molecule has 1 aromatic rings. The maximum atomic E-state index is 13.0. The van der Waals surface area contributed by atoms with Crippen molar-refractivity contribution in [3.8, 4) is 11.5 Å². The molecule has 1 aromatic carbocycles. The molecule has 1 atom stereocenters. The number of benzene rings is 1. The average molecular weight is 283 g/mol. The van der Waals surface area contributed by atoms with Gasteiger partial charge in [0.05, 0.1) is 12.7 Å². The van der Waals surface area contributed by atoms with Crippen LogP contribution in [0.2, 0.25) is 0 Å². The summed E-state index contributed by atoms with van der Waals surface area (Å²) in [5.41, 5.74) is -3.14. The Balaban J connectivity index is 3.16. The highest BCUT2D eigenvalue weighted by molar-refractivity contribution is 6.20. The fourth-order valence-electron chi connectivity index (χ4n) is 1.20. The van der Waals surface area contributed by atoms with Gasteiger partial charge in [0, 0.05) is 6.07 Å². The summed E-state index contributed by atoms with van der Waals surface area (Å²) in [5.74, 6) is -0.806. The van der Waals surface area contributed by atoms with Crippen LogP contribution in [0.3, 0.4) is 0 Å². The Morgan fingerprint density at radius 2 is 2.06 bits per heavy atom. The van der Waals surface area contributed by atoms with Crippen molar-refractivity contribution >= 4 is 17.4 Å². The second-order valence-corrected chi connectivity index (χ2v) is 3.77. The first-order chi connectivity index (χ1) is 8.27. The number of hydrogen-bond donors (Lipinski definition) is 0. The zero-order valence-corrected chi connectivity index (χ0v) is 10.3. The van der Waals surface area contributed by atoms with Gasteiger partial charge in [-0.05, 0) is 19.1 Å². The van der Waals surface area contributed by atoms with Crippen LogP contribution in [0.25, 0.3) is 0 Å². The van der Waals surface area contributed by atoms with Crippen molar-refractivity contribution in [2.24, 2.45) is 0 Å². The second-order valence-electron chi connectivity index (χ2n) is 3.38. The van der Waals surface area contributed by atoms with Crippen molar-refractivity contribution < 1.29 is 27.4 Å². The van der Waals surface area contributed by atoms with Crippen LogP contribution in [-0.2, 0) is 0 Å². The van der Waals surface area contributed by atoms with Crippen LogP contribution in [0.5, 0.6) is 11.5 Å². The van der Waals surface area contributed by atoms with E-state index in [2.05, 4.69) is 16.3 Å². The van der Waals surface area contributed by atoms with Gasteiger partial charge in [-0.15, -0.1) is 0 Å². The average Bonchev–Trinajstić information content (AvgIpc) is 2.27. The molecule has 0 bridgehead atoms. The minimum absolute atomic E-state index is 0.118. The van der Waals surface area contributed by atoms with Gasteiger partial charge in [-0.25, -0.2) is 4.39 Å². The predicted molar refractivity (Wildman–Crippen MR) is 59.3 cm³/mol. The quantitative estimate of drug-likeness (QED) is 0.613. The minimum atomic E-state index is -4.24. The highest BCUT2D eigenvalue weighted by atomic mass is 35.5. The Kier molecular flexibility index (Phi) is 4.45. The normalized spacial score (nSPS) is 13.0. The van der Waals surface area contributed by atoms with Gasteiger partial charge in [0.2, 0.25) is 0 Å². The molecule has 0 aliphatic heterocycles. The van der Waals surface area contributed by atoms with Crippen LogP contribution in [0.15, 0.2) is 18.2 Å². The molecule has 100 valence electrons. The Morgan fingerprint density at radius 3 is 2.50 bits per heavy atom. The summed E-state index contributed by atoms with van der Waals surface area (Å²) in [4.78, 5) is 11.2. The largest absolute Gasteiger partial charge is 0.497 e. The summed E-state index contributed by atoms with van der Waals surface area (Å²) in [6.07, 6.45) is -4.24. The molecule has 1 rings (SSSR count). The van der Waals surface area contributed by atoms with Crippen LogP contribution in [0.4, 0.5) is 13.2 Å². The zero-order chi connectivity index (χ0) is 13.9. The molecule has 0 fully saturated rings. The zero-order valence-electron chi connectivity index (χ0n) is 9.55. The Morgan fingerprint density at radius 1 is 1.44 bits per heavy atom. The second kappa shape index (κ2) is 5.48. The molecule has 0 heterocycles. The molecule has 0 aliphatic carbocycles. The number of halogens is 4. The summed E-state index contributed by atoms with van der Waals surface area (Å²) in [6, 6.07) is 3.70. The van der Waals surface area contributed by atoms with Gasteiger partial charge < -0.3 is 9.47 Å². The van der Waals surface area contributed by atoms with Crippen LogP contribution >= 0.6 is 11.6 Å². The van der Waals surface area contributed by atoms with E-state index in [4.69, 9.17) is 4.74 Å². The van der Waals surface area contributed by atoms with Crippen LogP contribution in [-0.4, -0.2) is 24.6 Å². The summed E-state index contributed by atoms with van der Waals surface area (Å²) in [5, 5.41) is 0. The third-order valence-corrected chi connectivity index (χ3v) is 2.32. The summed E-state index contributed by atoms with van der Waals surface area (Å²) in [6.45, 7) is 1.17. The van der Waals surface area contributed by atoms with E-state index in [1.165, 1.54) is 26.2 Å². The highest BCUT2D eigenvalue weighted by Gasteiger charge is 2.42. The van der Waals surface area contributed by atoms with Crippen LogP contribution in [0.1, 0.15) is 17.3 Å². The van der Waals surface area contributed by atoms with E-state index in [9.17, 15) is 18.0 Å². The summed E-state index contributed by atoms with van der Waals surface area (Å²) < 4.78 is 47.5. The fourth-order valence-corrected chi connectivity index (χ4v) is 1.24. The van der Waals surface area contributed by atoms with Crippen molar-refractivity contribution in [2.75, 3.05) is 7.11 Å². The molecular formula is C11H10ClF3O3. The molecule has 0 unspecified atom stereocenters. The van der Waals surface area contributed by atoms with E-state index in [1.807, 2.05) is 0 Å². The monoisotopic (exact) mass is 282 g/mol. The number of ketones is 1. The highest BCUT2D eigenvalue weighted by Crippen LogP contribution is 2.33. The van der Waals surface area contributed by atoms with Crippen molar-refractivity contribution in [1.82, 2.24) is 0 Å². The molecule has 0 aliphatic rings. The number of carbonyl (C=O) groups excluding carboxylic acids is 1. The Hall–Kier alpha value is -1.43. The number of ether oxygens (including phenoxy) is 2. The van der Waals surface area contributed by atoms with Gasteiger partial charge >= 0.3 is 6.11 Å². The Labute approximate surface area is 106 Å². The SMILES string of the molecule is COc1ccc(C(C)=O)c(OC(F)(F)[C@H](F)Cl)c1. The Bertz CT molecular complexity index is 449. The lowest BCUT2D eigenvalue weighted by atomic mass is 10.1. The predicted octanol–water partition coefficient (Wildman–Crippen LogP) is 3.40. The van der Waals surface area contributed by atoms with E-state index in [0.717, 1.165) is 6.07 Å². The van der Waals surface area contributed by atoms with E-state index >= 15 is 0 Å². The molecule has 0 N–H and O–H groups in total. The molecule has 7 heteroatoms. The molecule has 0 spiro atoms. The summed E-state index contributed by atoms with van der Waals surface area (Å²) in [7, 11) is 1.31. The molecule has 0 saturated heterocycles. The van der Waals surface area contributed by atoms with Gasteiger partial charge in [-0.2, -0.15) is 8.78 Å². The van der Waals surface area contributed by atoms with Crippen molar-refractivity contribution in [1.29, 1.82) is 0 Å². The topological polar surface area (TPSA) is 35.5 Å². The third kappa shape index (κ3) is 3.29. The van der Waals surface area contributed by atoms with E-state index in [0.29, 0.717) is 0 Å². The number of hydrogen-bond acceptors (Lipinski definition) is 3. The van der Waals surface area contributed by atoms with Crippen molar-refractivity contribution in [3.63, 3.8) is 0 Å². The van der Waals surface area contributed by atoms with E-state index < -0.39 is 23.3 Å². The molecule has 18 heavy (non-hydrogen) atoms. The van der Waals surface area contributed by atoms with Gasteiger partial charge in [0.25, 0.3) is 5.63 Å². The first-order valence-electron chi connectivity index (χ1n) is 4.82. The standard InChI is InChI=1S/C11H10ClF3O3/c1-6(16)8-4-3-7(17-2)5-9(8)18-11(14,15)10(12)13/h3-5,10H,1-2H3/t10-/m0/s1. The smallest absolute Gasteiger partial charge is 0.444 e. The van der Waals surface area contributed by atoms with Crippen LogP contribution in [0, 0.1) is 0 Å². The molecule has 0 radical (unpaired) electrons. The first kappa shape index (κ1) is 14.6. The lowest BCUT2D eigenvalue weighted by molar-refractivity contribution is -0.199. The minimum Gasteiger partial charge on any atom is -0.497 e. The van der Waals surface area contributed by atoms with E-state index in [-0.39, 0.29) is 11.3 Å². The van der Waals surface area contributed by atoms with Gasteiger partial charge in [0.15, 0.2) is 5.78 Å². The number of methoxy groups -OCH3 is 1. The molecule has 0 saturated carbocycles. The maximum absolute atomic E-state index is 13.0. The molecule has 0 amide bonds.